The Kier molecular flexibility index (Phi) is 7.26. The van der Waals surface area contributed by atoms with Crippen LogP contribution in [0.2, 0.25) is 0 Å². The van der Waals surface area contributed by atoms with Crippen LogP contribution < -0.4 is 10.3 Å². The molecule has 0 radical (unpaired) electrons. The van der Waals surface area contributed by atoms with Crippen LogP contribution >= 0.6 is 11.6 Å². The van der Waals surface area contributed by atoms with Crippen molar-refractivity contribution in [2.24, 2.45) is 0 Å². The number of unbranched alkanes of at least 4 members (excludes halogenated alkanes) is 2. The lowest BCUT2D eigenvalue weighted by molar-refractivity contribution is 0.124. The molecule has 1 N–H and O–H groups in total. The lowest BCUT2D eigenvalue weighted by atomic mass is 10.2. The molecule has 4 nitrogen and oxygen atoms in total. The fourth-order valence-corrected chi connectivity index (χ4v) is 2.30. The Morgan fingerprint density at radius 2 is 1.68 bits per heavy atom. The van der Waals surface area contributed by atoms with Crippen LogP contribution in [0.3, 0.4) is 0 Å². The highest BCUT2D eigenvalue weighted by Crippen LogP contribution is 2.18. The van der Waals surface area contributed by atoms with Crippen LogP contribution in [0.5, 0.6) is 5.75 Å². The van der Waals surface area contributed by atoms with Gasteiger partial charge in [0.25, 0.3) is 0 Å². The molecule has 1 aromatic carbocycles. The van der Waals surface area contributed by atoms with E-state index in [2.05, 4.69) is 4.98 Å². The molecule has 0 saturated carbocycles. The van der Waals surface area contributed by atoms with E-state index in [0.29, 0.717) is 12.5 Å². The third-order valence-electron chi connectivity index (χ3n) is 3.32. The lowest BCUT2D eigenvalue weighted by Crippen LogP contribution is -2.04. The van der Waals surface area contributed by atoms with Gasteiger partial charge in [-0.1, -0.05) is 0 Å². The average molecular weight is 324 g/mol. The van der Waals surface area contributed by atoms with Crippen molar-refractivity contribution in [2.45, 2.75) is 25.7 Å². The van der Waals surface area contributed by atoms with E-state index in [1.807, 2.05) is 18.2 Å². The van der Waals surface area contributed by atoms with Gasteiger partial charge in [-0.05, 0) is 49.3 Å². The second-order valence-electron chi connectivity index (χ2n) is 5.14. The van der Waals surface area contributed by atoms with Gasteiger partial charge in [-0.3, -0.25) is 4.79 Å². The number of H-pyrrole nitrogens is 1. The van der Waals surface area contributed by atoms with Gasteiger partial charge in [0.1, 0.15) is 5.75 Å². The fraction of sp³-hybridized carbons (Fsp3) is 0.471. The molecule has 1 heterocycles. The summed E-state index contributed by atoms with van der Waals surface area (Å²) in [7, 11) is 0. The quantitative estimate of drug-likeness (QED) is 0.535. The summed E-state index contributed by atoms with van der Waals surface area (Å²) in [6.45, 7) is 2.19. The zero-order valence-corrected chi connectivity index (χ0v) is 13.4. The van der Waals surface area contributed by atoms with E-state index in [-0.39, 0.29) is 5.56 Å². The summed E-state index contributed by atoms with van der Waals surface area (Å²) in [5.41, 5.74) is 0.698. The summed E-state index contributed by atoms with van der Waals surface area (Å²) in [5.74, 6) is 1.48. The predicted molar refractivity (Wildman–Crippen MR) is 90.1 cm³/mol. The minimum atomic E-state index is -0.101. The number of rotatable bonds is 10. The topological polar surface area (TPSA) is 51.3 Å². The zero-order valence-electron chi connectivity index (χ0n) is 12.6. The Bertz CT molecular complexity index is 627. The largest absolute Gasteiger partial charge is 0.494 e. The highest BCUT2D eigenvalue weighted by atomic mass is 35.5. The number of ether oxygens (including phenoxy) is 2. The van der Waals surface area contributed by atoms with Crippen molar-refractivity contribution in [3.05, 3.63) is 40.7 Å². The summed E-state index contributed by atoms with van der Waals surface area (Å²) in [4.78, 5) is 14.1. The molecule has 0 fully saturated rings. The smallest absolute Gasteiger partial charge is 0.248 e. The van der Waals surface area contributed by atoms with Crippen LogP contribution in [0.1, 0.15) is 25.7 Å². The van der Waals surface area contributed by atoms with E-state index in [9.17, 15) is 4.79 Å². The third-order valence-corrected chi connectivity index (χ3v) is 3.59. The third kappa shape index (κ3) is 5.70. The van der Waals surface area contributed by atoms with Gasteiger partial charge in [0.2, 0.25) is 5.56 Å². The molecule has 0 atom stereocenters. The van der Waals surface area contributed by atoms with Gasteiger partial charge in [0, 0.05) is 31.2 Å². The molecule has 5 heteroatoms. The van der Waals surface area contributed by atoms with Gasteiger partial charge in [-0.2, -0.15) is 0 Å². The molecular weight excluding hydrogens is 302 g/mol. The van der Waals surface area contributed by atoms with Gasteiger partial charge < -0.3 is 14.5 Å². The van der Waals surface area contributed by atoms with Crippen LogP contribution in [0.4, 0.5) is 0 Å². The van der Waals surface area contributed by atoms with Crippen molar-refractivity contribution in [3.8, 4) is 5.75 Å². The Hall–Kier alpha value is -1.52. The first kappa shape index (κ1) is 16.8. The van der Waals surface area contributed by atoms with Gasteiger partial charge in [0.05, 0.1) is 12.1 Å². The Labute approximate surface area is 135 Å². The number of aromatic nitrogens is 1. The molecule has 0 amide bonds. The summed E-state index contributed by atoms with van der Waals surface area (Å²) in [6, 6.07) is 9.05. The monoisotopic (exact) mass is 323 g/mol. The number of nitrogens with one attached hydrogen (secondary N) is 1. The van der Waals surface area contributed by atoms with Gasteiger partial charge in [-0.25, -0.2) is 0 Å². The molecule has 2 aromatic rings. The Balaban J connectivity index is 1.66. The SMILES string of the molecule is O=c1ccc2ccc(OCCCCOCCCCCl)cc2[nH]1. The van der Waals surface area contributed by atoms with E-state index in [4.69, 9.17) is 21.1 Å². The predicted octanol–water partition coefficient (Wildman–Crippen LogP) is 3.72. The molecule has 22 heavy (non-hydrogen) atoms. The maximum Gasteiger partial charge on any atom is 0.248 e. The average Bonchev–Trinajstić information content (AvgIpc) is 2.53. The van der Waals surface area contributed by atoms with E-state index in [0.717, 1.165) is 55.5 Å². The van der Waals surface area contributed by atoms with Crippen LogP contribution in [-0.4, -0.2) is 30.7 Å². The van der Waals surface area contributed by atoms with E-state index in [1.165, 1.54) is 6.07 Å². The summed E-state index contributed by atoms with van der Waals surface area (Å²) < 4.78 is 11.2. The molecule has 0 aliphatic rings. The summed E-state index contributed by atoms with van der Waals surface area (Å²) in [6.07, 6.45) is 3.95. The van der Waals surface area contributed by atoms with E-state index < -0.39 is 0 Å². The number of aromatic amines is 1. The van der Waals surface area contributed by atoms with E-state index >= 15 is 0 Å². The van der Waals surface area contributed by atoms with Gasteiger partial charge >= 0.3 is 0 Å². The summed E-state index contributed by atoms with van der Waals surface area (Å²) in [5, 5.41) is 0.997. The van der Waals surface area contributed by atoms with Crippen molar-refractivity contribution >= 4 is 22.5 Å². The van der Waals surface area contributed by atoms with Gasteiger partial charge in [0.15, 0.2) is 0 Å². The van der Waals surface area contributed by atoms with E-state index in [1.54, 1.807) is 6.07 Å². The second-order valence-corrected chi connectivity index (χ2v) is 5.51. The number of halogens is 1. The number of alkyl halides is 1. The first-order valence-corrected chi connectivity index (χ1v) is 8.22. The Morgan fingerprint density at radius 3 is 2.50 bits per heavy atom. The van der Waals surface area contributed by atoms with Crippen LogP contribution in [-0.2, 0) is 4.74 Å². The van der Waals surface area contributed by atoms with Crippen molar-refractivity contribution in [1.82, 2.24) is 4.98 Å². The molecular formula is C17H22ClNO3. The maximum absolute atomic E-state index is 11.3. The Morgan fingerprint density at radius 1 is 0.955 bits per heavy atom. The molecule has 0 saturated heterocycles. The van der Waals surface area contributed by atoms with Crippen molar-refractivity contribution in [3.63, 3.8) is 0 Å². The molecule has 0 unspecified atom stereocenters. The zero-order chi connectivity index (χ0) is 15.6. The number of hydrogen-bond acceptors (Lipinski definition) is 3. The molecule has 0 bridgehead atoms. The second kappa shape index (κ2) is 9.49. The highest BCUT2D eigenvalue weighted by Gasteiger charge is 1.99. The molecule has 1 aromatic heterocycles. The van der Waals surface area contributed by atoms with Crippen LogP contribution in [0, 0.1) is 0 Å². The molecule has 0 spiro atoms. The first-order chi connectivity index (χ1) is 10.8. The van der Waals surface area contributed by atoms with Crippen molar-refractivity contribution in [1.29, 1.82) is 0 Å². The minimum Gasteiger partial charge on any atom is -0.494 e. The molecule has 2 rings (SSSR count). The van der Waals surface area contributed by atoms with Gasteiger partial charge in [-0.15, -0.1) is 11.6 Å². The standard InChI is InChI=1S/C17H22ClNO3/c18-9-1-2-10-21-11-3-4-12-22-15-7-5-14-6-8-17(20)19-16(14)13-15/h5-8,13H,1-4,9-12H2,(H,19,20). The van der Waals surface area contributed by atoms with Crippen molar-refractivity contribution < 1.29 is 9.47 Å². The number of fused-ring (bicyclic) bond motifs is 1. The highest BCUT2D eigenvalue weighted by molar-refractivity contribution is 6.17. The minimum absolute atomic E-state index is 0.101. The molecule has 120 valence electrons. The maximum atomic E-state index is 11.3. The number of pyridine rings is 1. The first-order valence-electron chi connectivity index (χ1n) is 7.69. The molecule has 0 aliphatic heterocycles. The lowest BCUT2D eigenvalue weighted by Gasteiger charge is -2.07. The van der Waals surface area contributed by atoms with Crippen molar-refractivity contribution in [2.75, 3.05) is 25.7 Å². The number of benzene rings is 1. The fourth-order valence-electron chi connectivity index (χ4n) is 2.12. The van der Waals surface area contributed by atoms with Crippen LogP contribution in [0.25, 0.3) is 10.9 Å². The normalized spacial score (nSPS) is 11.0. The number of hydrogen-bond donors (Lipinski definition) is 1. The van der Waals surface area contributed by atoms with Crippen LogP contribution in [0.15, 0.2) is 35.1 Å². The molecule has 0 aliphatic carbocycles. The summed E-state index contributed by atoms with van der Waals surface area (Å²) >= 11 is 5.59.